The predicted octanol–water partition coefficient (Wildman–Crippen LogP) is 2.51. The molecule has 3 atom stereocenters. The molecule has 2 heteroatoms. The van der Waals surface area contributed by atoms with Crippen LogP contribution in [0.2, 0.25) is 0 Å². The molecule has 0 fully saturated rings. The average Bonchev–Trinajstić information content (AvgIpc) is 2.21. The van der Waals surface area contributed by atoms with Gasteiger partial charge in [-0.1, -0.05) is 25.1 Å². The summed E-state index contributed by atoms with van der Waals surface area (Å²) >= 11 is 0. The van der Waals surface area contributed by atoms with E-state index >= 15 is 0 Å². The molecule has 0 saturated heterocycles. The molecule has 0 spiro atoms. The van der Waals surface area contributed by atoms with E-state index in [9.17, 15) is 5.11 Å². The average molecular weight is 221 g/mol. The monoisotopic (exact) mass is 221 g/mol. The summed E-state index contributed by atoms with van der Waals surface area (Å²) in [5, 5.41) is 9.76. The van der Waals surface area contributed by atoms with Crippen molar-refractivity contribution in [2.45, 2.75) is 52.2 Å². The Bertz CT molecular complexity index is 347. The highest BCUT2D eigenvalue weighted by atomic mass is 16.3. The molecular weight excluding hydrogens is 198 g/mol. The van der Waals surface area contributed by atoms with Crippen molar-refractivity contribution in [3.8, 4) is 0 Å². The minimum atomic E-state index is -0.420. The number of benzene rings is 1. The molecule has 1 rings (SSSR count). The van der Waals surface area contributed by atoms with Gasteiger partial charge in [-0.15, -0.1) is 0 Å². The normalized spacial score (nSPS) is 16.9. The van der Waals surface area contributed by atoms with Gasteiger partial charge in [0.15, 0.2) is 0 Å². The van der Waals surface area contributed by atoms with Crippen LogP contribution >= 0.6 is 0 Å². The fraction of sp³-hybridized carbons (Fsp3) is 0.571. The Balaban J connectivity index is 2.73. The number of hydrogen-bond acceptors (Lipinski definition) is 2. The topological polar surface area (TPSA) is 46.2 Å². The zero-order chi connectivity index (χ0) is 12.3. The Hall–Kier alpha value is -0.860. The van der Waals surface area contributed by atoms with Gasteiger partial charge in [0.25, 0.3) is 0 Å². The number of aryl methyl sites for hydroxylation is 2. The van der Waals surface area contributed by atoms with Gasteiger partial charge in [-0.25, -0.2) is 0 Å². The fourth-order valence-corrected chi connectivity index (χ4v) is 1.78. The van der Waals surface area contributed by atoms with Crippen LogP contribution in [0, 0.1) is 13.8 Å². The Labute approximate surface area is 98.5 Å². The first-order chi connectivity index (χ1) is 7.41. The molecule has 2 nitrogen and oxygen atoms in total. The lowest BCUT2D eigenvalue weighted by Crippen LogP contribution is -2.32. The van der Waals surface area contributed by atoms with E-state index in [1.54, 1.807) is 0 Å². The Morgan fingerprint density at radius 3 is 2.31 bits per heavy atom. The van der Waals surface area contributed by atoms with E-state index in [2.05, 4.69) is 39.0 Å². The summed E-state index contributed by atoms with van der Waals surface area (Å²) < 4.78 is 0. The van der Waals surface area contributed by atoms with E-state index < -0.39 is 6.10 Å². The van der Waals surface area contributed by atoms with Crippen molar-refractivity contribution in [1.82, 2.24) is 0 Å². The first kappa shape index (κ1) is 13.2. The maximum Gasteiger partial charge on any atom is 0.0694 e. The minimum absolute atomic E-state index is 0.158. The van der Waals surface area contributed by atoms with Crippen molar-refractivity contribution in [2.24, 2.45) is 5.73 Å². The molecular formula is C14H23NO. The van der Waals surface area contributed by atoms with Gasteiger partial charge in [0, 0.05) is 6.04 Å². The maximum absolute atomic E-state index is 9.76. The highest BCUT2D eigenvalue weighted by Gasteiger charge is 2.15. The van der Waals surface area contributed by atoms with Crippen LogP contribution < -0.4 is 5.73 Å². The molecule has 16 heavy (non-hydrogen) atoms. The second-order valence-corrected chi connectivity index (χ2v) is 4.91. The molecule has 90 valence electrons. The molecule has 1 aromatic carbocycles. The fourth-order valence-electron chi connectivity index (χ4n) is 1.78. The molecule has 0 saturated carbocycles. The molecule has 0 aromatic heterocycles. The van der Waals surface area contributed by atoms with Crippen LogP contribution in [0.4, 0.5) is 0 Å². The van der Waals surface area contributed by atoms with Crippen molar-refractivity contribution in [1.29, 1.82) is 0 Å². The van der Waals surface area contributed by atoms with Gasteiger partial charge >= 0.3 is 0 Å². The third kappa shape index (κ3) is 3.32. The van der Waals surface area contributed by atoms with E-state index in [1.165, 1.54) is 16.7 Å². The lowest BCUT2D eigenvalue weighted by Gasteiger charge is -2.20. The van der Waals surface area contributed by atoms with Crippen molar-refractivity contribution in [3.05, 3.63) is 34.9 Å². The third-order valence-corrected chi connectivity index (χ3v) is 3.30. The molecule has 0 aliphatic heterocycles. The summed E-state index contributed by atoms with van der Waals surface area (Å²) in [6, 6.07) is 6.32. The third-order valence-electron chi connectivity index (χ3n) is 3.30. The Morgan fingerprint density at radius 2 is 1.81 bits per heavy atom. The summed E-state index contributed by atoms with van der Waals surface area (Å²) in [6.07, 6.45) is 0.303. The van der Waals surface area contributed by atoms with Crippen LogP contribution in [0.1, 0.15) is 42.9 Å². The minimum Gasteiger partial charge on any atom is -0.392 e. The van der Waals surface area contributed by atoms with Crippen molar-refractivity contribution in [3.63, 3.8) is 0 Å². The summed E-state index contributed by atoms with van der Waals surface area (Å²) in [5.74, 6) is 0.347. The first-order valence-corrected chi connectivity index (χ1v) is 5.92. The van der Waals surface area contributed by atoms with Crippen LogP contribution in [-0.2, 0) is 0 Å². The van der Waals surface area contributed by atoms with Crippen molar-refractivity contribution in [2.75, 3.05) is 0 Å². The van der Waals surface area contributed by atoms with E-state index in [0.717, 1.165) is 6.42 Å². The molecule has 0 bridgehead atoms. The molecule has 0 radical (unpaired) electrons. The van der Waals surface area contributed by atoms with Gasteiger partial charge < -0.3 is 10.8 Å². The molecule has 0 aliphatic carbocycles. The zero-order valence-corrected chi connectivity index (χ0v) is 10.7. The van der Waals surface area contributed by atoms with Gasteiger partial charge in [0.1, 0.15) is 0 Å². The van der Waals surface area contributed by atoms with Crippen molar-refractivity contribution >= 4 is 0 Å². The summed E-state index contributed by atoms with van der Waals surface area (Å²) in [5.41, 5.74) is 9.56. The number of aliphatic hydroxyl groups excluding tert-OH is 1. The molecule has 1 aromatic rings. The zero-order valence-electron chi connectivity index (χ0n) is 10.7. The smallest absolute Gasteiger partial charge is 0.0694 e. The first-order valence-electron chi connectivity index (χ1n) is 5.92. The number of rotatable bonds is 4. The quantitative estimate of drug-likeness (QED) is 0.820. The lowest BCUT2D eigenvalue weighted by molar-refractivity contribution is 0.134. The number of hydrogen-bond donors (Lipinski definition) is 2. The largest absolute Gasteiger partial charge is 0.392 e. The molecule has 3 N–H and O–H groups in total. The van der Waals surface area contributed by atoms with Gasteiger partial charge in [-0.2, -0.15) is 0 Å². The summed E-state index contributed by atoms with van der Waals surface area (Å²) in [6.45, 7) is 8.21. The van der Waals surface area contributed by atoms with Gasteiger partial charge in [-0.05, 0) is 49.8 Å². The lowest BCUT2D eigenvalue weighted by atomic mass is 9.91. The van der Waals surface area contributed by atoms with E-state index in [4.69, 9.17) is 5.73 Å². The standard InChI is InChI=1S/C14H23NO/c1-9-5-6-13(7-10(9)2)11(3)8-14(16)12(4)15/h5-7,11-12,14,16H,8,15H2,1-4H3. The second kappa shape index (κ2) is 5.46. The van der Waals surface area contributed by atoms with E-state index in [-0.39, 0.29) is 6.04 Å². The summed E-state index contributed by atoms with van der Waals surface area (Å²) in [7, 11) is 0. The van der Waals surface area contributed by atoms with Crippen molar-refractivity contribution < 1.29 is 5.11 Å². The van der Waals surface area contributed by atoms with E-state index in [0.29, 0.717) is 5.92 Å². The highest BCUT2D eigenvalue weighted by Crippen LogP contribution is 2.23. The highest BCUT2D eigenvalue weighted by molar-refractivity contribution is 5.31. The summed E-state index contributed by atoms with van der Waals surface area (Å²) in [4.78, 5) is 0. The number of aliphatic hydroxyl groups is 1. The van der Waals surface area contributed by atoms with Crippen LogP contribution in [0.3, 0.4) is 0 Å². The van der Waals surface area contributed by atoms with E-state index in [1.807, 2.05) is 6.92 Å². The van der Waals surface area contributed by atoms with Crippen LogP contribution in [0.25, 0.3) is 0 Å². The molecule has 0 amide bonds. The van der Waals surface area contributed by atoms with Crippen LogP contribution in [0.15, 0.2) is 18.2 Å². The second-order valence-electron chi connectivity index (χ2n) is 4.91. The Morgan fingerprint density at radius 1 is 1.19 bits per heavy atom. The van der Waals surface area contributed by atoms with Gasteiger partial charge in [0.05, 0.1) is 6.10 Å². The van der Waals surface area contributed by atoms with Crippen LogP contribution in [-0.4, -0.2) is 17.3 Å². The SMILES string of the molecule is Cc1ccc(C(C)CC(O)C(C)N)cc1C. The van der Waals surface area contributed by atoms with Gasteiger partial charge in [0.2, 0.25) is 0 Å². The maximum atomic E-state index is 9.76. The molecule has 0 aliphatic rings. The molecule has 3 unspecified atom stereocenters. The molecule has 0 heterocycles. The number of nitrogens with two attached hydrogens (primary N) is 1. The van der Waals surface area contributed by atoms with Crippen LogP contribution in [0.5, 0.6) is 0 Å². The predicted molar refractivity (Wildman–Crippen MR) is 68.6 cm³/mol. The Kier molecular flexibility index (Phi) is 4.51. The van der Waals surface area contributed by atoms with Gasteiger partial charge in [-0.3, -0.25) is 0 Å².